The highest BCUT2D eigenvalue weighted by Gasteiger charge is 2.08. The molecule has 0 fully saturated rings. The van der Waals surface area contributed by atoms with Crippen molar-refractivity contribution in [2.75, 3.05) is 5.73 Å². The molecular weight excluding hydrogens is 148 g/mol. The summed E-state index contributed by atoms with van der Waals surface area (Å²) in [7, 11) is 0. The molecule has 2 N–H and O–H groups in total. The van der Waals surface area contributed by atoms with Crippen LogP contribution in [0.5, 0.6) is 0 Å². The van der Waals surface area contributed by atoms with Crippen molar-refractivity contribution in [3.63, 3.8) is 0 Å². The number of anilines is 1. The van der Waals surface area contributed by atoms with E-state index in [1.165, 1.54) is 5.56 Å². The lowest BCUT2D eigenvalue weighted by Crippen LogP contribution is -2.02. The Labute approximate surface area is 73.8 Å². The topological polar surface area (TPSA) is 38.9 Å². The molecule has 12 heavy (non-hydrogen) atoms. The van der Waals surface area contributed by atoms with Crippen LogP contribution in [0.2, 0.25) is 0 Å². The number of hydrogen-bond donors (Lipinski definition) is 1. The molecular formula is C10H16N2. The first kappa shape index (κ1) is 9.04. The van der Waals surface area contributed by atoms with Crippen molar-refractivity contribution in [3.8, 4) is 0 Å². The standard InChI is InChI=1S/C10H16N2/c1-6(2)10-8(4)12-7(3)5-9(10)11/h5-6H,1-4H3,(H2,11,12). The number of nitrogens with two attached hydrogens (primary N) is 1. The molecule has 1 aromatic rings. The van der Waals surface area contributed by atoms with Crippen molar-refractivity contribution in [3.05, 3.63) is 23.0 Å². The van der Waals surface area contributed by atoms with E-state index in [0.29, 0.717) is 5.92 Å². The summed E-state index contributed by atoms with van der Waals surface area (Å²) in [6.45, 7) is 8.25. The Balaban J connectivity index is 3.28. The first-order valence-corrected chi connectivity index (χ1v) is 4.26. The molecule has 2 nitrogen and oxygen atoms in total. The minimum atomic E-state index is 0.457. The van der Waals surface area contributed by atoms with Crippen molar-refractivity contribution in [2.24, 2.45) is 0 Å². The molecule has 0 bridgehead atoms. The Bertz CT molecular complexity index is 267. The quantitative estimate of drug-likeness (QED) is 0.692. The first-order valence-electron chi connectivity index (χ1n) is 4.26. The highest BCUT2D eigenvalue weighted by Crippen LogP contribution is 2.24. The van der Waals surface area contributed by atoms with Gasteiger partial charge in [-0.25, -0.2) is 0 Å². The van der Waals surface area contributed by atoms with Crippen LogP contribution in [0.25, 0.3) is 0 Å². The van der Waals surface area contributed by atoms with Crippen LogP contribution >= 0.6 is 0 Å². The number of rotatable bonds is 1. The second-order valence-electron chi connectivity index (χ2n) is 3.51. The van der Waals surface area contributed by atoms with E-state index in [2.05, 4.69) is 18.8 Å². The molecule has 0 saturated carbocycles. The van der Waals surface area contributed by atoms with Crippen molar-refractivity contribution in [1.82, 2.24) is 4.98 Å². The number of aromatic nitrogens is 1. The molecule has 2 heteroatoms. The van der Waals surface area contributed by atoms with Gasteiger partial charge in [0.25, 0.3) is 0 Å². The Hall–Kier alpha value is -1.05. The third-order valence-electron chi connectivity index (χ3n) is 1.99. The minimum absolute atomic E-state index is 0.457. The summed E-state index contributed by atoms with van der Waals surface area (Å²) in [4.78, 5) is 4.38. The van der Waals surface area contributed by atoms with Gasteiger partial charge in [0.2, 0.25) is 0 Å². The van der Waals surface area contributed by atoms with Gasteiger partial charge in [-0.1, -0.05) is 13.8 Å². The summed E-state index contributed by atoms with van der Waals surface area (Å²) in [6, 6.07) is 1.93. The van der Waals surface area contributed by atoms with Gasteiger partial charge < -0.3 is 5.73 Å². The zero-order valence-corrected chi connectivity index (χ0v) is 8.18. The van der Waals surface area contributed by atoms with Gasteiger partial charge in [-0.15, -0.1) is 0 Å². The van der Waals surface area contributed by atoms with Gasteiger partial charge >= 0.3 is 0 Å². The maximum absolute atomic E-state index is 5.88. The van der Waals surface area contributed by atoms with Crippen LogP contribution in [0.15, 0.2) is 6.07 Å². The average molecular weight is 164 g/mol. The van der Waals surface area contributed by atoms with E-state index in [0.717, 1.165) is 17.1 Å². The Morgan fingerprint density at radius 1 is 1.33 bits per heavy atom. The summed E-state index contributed by atoms with van der Waals surface area (Å²) >= 11 is 0. The van der Waals surface area contributed by atoms with Crippen LogP contribution in [0.1, 0.15) is 36.7 Å². The van der Waals surface area contributed by atoms with E-state index in [9.17, 15) is 0 Å². The SMILES string of the molecule is Cc1cc(N)c(C(C)C)c(C)n1. The molecule has 0 aliphatic carbocycles. The second-order valence-corrected chi connectivity index (χ2v) is 3.51. The predicted molar refractivity (Wildman–Crippen MR) is 52.2 cm³/mol. The van der Waals surface area contributed by atoms with Crippen LogP contribution in [0, 0.1) is 13.8 Å². The number of aryl methyl sites for hydroxylation is 2. The lowest BCUT2D eigenvalue weighted by molar-refractivity contribution is 0.843. The maximum Gasteiger partial charge on any atom is 0.0430 e. The van der Waals surface area contributed by atoms with Crippen LogP contribution in [-0.2, 0) is 0 Å². The van der Waals surface area contributed by atoms with Gasteiger partial charge in [0.15, 0.2) is 0 Å². The Morgan fingerprint density at radius 3 is 2.33 bits per heavy atom. The van der Waals surface area contributed by atoms with E-state index in [1.54, 1.807) is 0 Å². The molecule has 1 rings (SSSR count). The fraction of sp³-hybridized carbons (Fsp3) is 0.500. The zero-order valence-electron chi connectivity index (χ0n) is 8.18. The summed E-state index contributed by atoms with van der Waals surface area (Å²) in [5, 5.41) is 0. The highest BCUT2D eigenvalue weighted by atomic mass is 14.7. The molecule has 0 radical (unpaired) electrons. The molecule has 1 heterocycles. The van der Waals surface area contributed by atoms with Gasteiger partial charge in [0.1, 0.15) is 0 Å². The van der Waals surface area contributed by atoms with E-state index in [-0.39, 0.29) is 0 Å². The van der Waals surface area contributed by atoms with E-state index in [1.807, 2.05) is 19.9 Å². The zero-order chi connectivity index (χ0) is 9.30. The van der Waals surface area contributed by atoms with E-state index < -0.39 is 0 Å². The first-order chi connectivity index (χ1) is 5.52. The summed E-state index contributed by atoms with van der Waals surface area (Å²) in [6.07, 6.45) is 0. The molecule has 0 saturated heterocycles. The Kier molecular flexibility index (Phi) is 2.36. The fourth-order valence-electron chi connectivity index (χ4n) is 1.62. The van der Waals surface area contributed by atoms with Crippen LogP contribution in [0.3, 0.4) is 0 Å². The molecule has 0 spiro atoms. The smallest absolute Gasteiger partial charge is 0.0430 e. The Morgan fingerprint density at radius 2 is 1.92 bits per heavy atom. The summed E-state index contributed by atoms with van der Waals surface area (Å²) in [5.41, 5.74) is 9.99. The molecule has 66 valence electrons. The molecule has 0 unspecified atom stereocenters. The lowest BCUT2D eigenvalue weighted by atomic mass is 9.99. The molecule has 0 aliphatic rings. The predicted octanol–water partition coefficient (Wildman–Crippen LogP) is 2.40. The highest BCUT2D eigenvalue weighted by molar-refractivity contribution is 5.51. The molecule has 0 aliphatic heterocycles. The van der Waals surface area contributed by atoms with Gasteiger partial charge in [-0.05, 0) is 31.4 Å². The largest absolute Gasteiger partial charge is 0.398 e. The maximum atomic E-state index is 5.88. The monoisotopic (exact) mass is 164 g/mol. The molecule has 0 aromatic carbocycles. The molecule has 1 aromatic heterocycles. The molecule has 0 atom stereocenters. The third kappa shape index (κ3) is 1.58. The number of nitrogen functional groups attached to an aromatic ring is 1. The van der Waals surface area contributed by atoms with Crippen molar-refractivity contribution < 1.29 is 0 Å². The van der Waals surface area contributed by atoms with Crippen molar-refractivity contribution in [1.29, 1.82) is 0 Å². The lowest BCUT2D eigenvalue weighted by Gasteiger charge is -2.12. The van der Waals surface area contributed by atoms with Gasteiger partial charge in [0, 0.05) is 17.1 Å². The van der Waals surface area contributed by atoms with E-state index in [4.69, 9.17) is 5.73 Å². The molecule has 0 amide bonds. The van der Waals surface area contributed by atoms with Crippen LogP contribution in [0.4, 0.5) is 5.69 Å². The number of nitrogens with zero attached hydrogens (tertiary/aromatic N) is 1. The van der Waals surface area contributed by atoms with E-state index >= 15 is 0 Å². The second kappa shape index (κ2) is 3.13. The van der Waals surface area contributed by atoms with Crippen LogP contribution in [-0.4, -0.2) is 4.98 Å². The average Bonchev–Trinajstić information content (AvgIpc) is 1.82. The number of pyridine rings is 1. The normalized spacial score (nSPS) is 10.8. The van der Waals surface area contributed by atoms with Gasteiger partial charge in [0.05, 0.1) is 0 Å². The summed E-state index contributed by atoms with van der Waals surface area (Å²) in [5.74, 6) is 0.457. The number of hydrogen-bond acceptors (Lipinski definition) is 2. The van der Waals surface area contributed by atoms with Gasteiger partial charge in [-0.2, -0.15) is 0 Å². The summed E-state index contributed by atoms with van der Waals surface area (Å²) < 4.78 is 0. The van der Waals surface area contributed by atoms with Crippen molar-refractivity contribution >= 4 is 5.69 Å². The fourth-order valence-corrected chi connectivity index (χ4v) is 1.62. The van der Waals surface area contributed by atoms with Crippen LogP contribution < -0.4 is 5.73 Å². The minimum Gasteiger partial charge on any atom is -0.398 e. The third-order valence-corrected chi connectivity index (χ3v) is 1.99. The van der Waals surface area contributed by atoms with Crippen molar-refractivity contribution in [2.45, 2.75) is 33.6 Å². The van der Waals surface area contributed by atoms with Gasteiger partial charge in [-0.3, -0.25) is 4.98 Å².